The van der Waals surface area contributed by atoms with Crippen LogP contribution in [0.3, 0.4) is 0 Å². The van der Waals surface area contributed by atoms with Crippen molar-refractivity contribution in [1.82, 2.24) is 9.80 Å². The van der Waals surface area contributed by atoms with Gasteiger partial charge in [-0.2, -0.15) is 0 Å². The second-order valence-corrected chi connectivity index (χ2v) is 4.55. The highest BCUT2D eigenvalue weighted by Gasteiger charge is 2.12. The van der Waals surface area contributed by atoms with Gasteiger partial charge in [0, 0.05) is 32.4 Å². The molecule has 0 unspecified atom stereocenters. The fourth-order valence-electron chi connectivity index (χ4n) is 2.00. The Hall–Kier alpha value is -1.55. The third-order valence-corrected chi connectivity index (χ3v) is 3.17. The largest absolute Gasteiger partial charge is 0.478 e. The minimum atomic E-state index is -0.847. The molecule has 4 heteroatoms. The van der Waals surface area contributed by atoms with Gasteiger partial charge in [-0.3, -0.25) is 0 Å². The molecule has 1 heterocycles. The highest BCUT2D eigenvalue weighted by atomic mass is 16.4. The van der Waals surface area contributed by atoms with Crippen molar-refractivity contribution in [2.45, 2.75) is 6.42 Å². The first-order valence-electron chi connectivity index (χ1n) is 5.90. The van der Waals surface area contributed by atoms with Crippen LogP contribution in [0.5, 0.6) is 0 Å². The molecule has 2 aliphatic rings. The second-order valence-electron chi connectivity index (χ2n) is 4.55. The van der Waals surface area contributed by atoms with Gasteiger partial charge in [0.1, 0.15) is 0 Å². The van der Waals surface area contributed by atoms with Gasteiger partial charge in [-0.25, -0.2) is 4.79 Å². The zero-order valence-electron chi connectivity index (χ0n) is 10.1. The minimum Gasteiger partial charge on any atom is -0.478 e. The average Bonchev–Trinajstić information content (AvgIpc) is 2.33. The Bertz CT molecular complexity index is 388. The van der Waals surface area contributed by atoms with Crippen molar-refractivity contribution in [2.75, 3.05) is 33.2 Å². The van der Waals surface area contributed by atoms with Crippen LogP contribution in [0.1, 0.15) is 6.42 Å². The standard InChI is InChI=1S/C13H18N2O2/c1-14-6-8-15(9-7-14)10-11-2-4-12(5-3-11)13(16)17/h2,4-5,10H,3,6-9H2,1H3,(H,16,17). The molecule has 0 aromatic rings. The van der Waals surface area contributed by atoms with Crippen molar-refractivity contribution >= 4 is 5.97 Å². The second kappa shape index (κ2) is 5.19. The highest BCUT2D eigenvalue weighted by Crippen LogP contribution is 2.16. The minimum absolute atomic E-state index is 0.389. The quantitative estimate of drug-likeness (QED) is 0.776. The maximum atomic E-state index is 10.7. The summed E-state index contributed by atoms with van der Waals surface area (Å²) in [6.07, 6.45) is 8.21. The fourth-order valence-corrected chi connectivity index (χ4v) is 2.00. The summed E-state index contributed by atoms with van der Waals surface area (Å²) in [4.78, 5) is 15.4. The van der Waals surface area contributed by atoms with Crippen LogP contribution in [0, 0.1) is 0 Å². The Kier molecular flexibility index (Phi) is 3.64. The predicted molar refractivity (Wildman–Crippen MR) is 66.6 cm³/mol. The highest BCUT2D eigenvalue weighted by molar-refractivity contribution is 5.90. The summed E-state index contributed by atoms with van der Waals surface area (Å²) in [6.45, 7) is 4.26. The Morgan fingerprint density at radius 1 is 1.29 bits per heavy atom. The Labute approximate surface area is 102 Å². The number of hydrogen-bond acceptors (Lipinski definition) is 3. The van der Waals surface area contributed by atoms with Crippen molar-refractivity contribution in [1.29, 1.82) is 0 Å². The van der Waals surface area contributed by atoms with E-state index in [4.69, 9.17) is 5.11 Å². The summed E-state index contributed by atoms with van der Waals surface area (Å²) < 4.78 is 0. The number of carboxylic acids is 1. The van der Waals surface area contributed by atoms with Crippen LogP contribution in [-0.2, 0) is 4.79 Å². The van der Waals surface area contributed by atoms with Gasteiger partial charge in [0.05, 0.1) is 5.57 Å². The summed E-state index contributed by atoms with van der Waals surface area (Å²) in [5.41, 5.74) is 1.57. The van der Waals surface area contributed by atoms with E-state index in [0.717, 1.165) is 26.2 Å². The van der Waals surface area contributed by atoms with E-state index in [1.54, 1.807) is 12.2 Å². The monoisotopic (exact) mass is 234 g/mol. The average molecular weight is 234 g/mol. The molecule has 1 aliphatic heterocycles. The first kappa shape index (κ1) is 11.9. The Morgan fingerprint density at radius 2 is 2.00 bits per heavy atom. The molecule has 0 radical (unpaired) electrons. The van der Waals surface area contributed by atoms with Crippen molar-refractivity contribution in [3.8, 4) is 0 Å². The van der Waals surface area contributed by atoms with Crippen LogP contribution in [0.15, 0.2) is 35.6 Å². The molecule has 0 spiro atoms. The van der Waals surface area contributed by atoms with E-state index in [0.29, 0.717) is 12.0 Å². The number of aliphatic carboxylic acids is 1. The van der Waals surface area contributed by atoms with Gasteiger partial charge in [-0.05, 0) is 25.1 Å². The van der Waals surface area contributed by atoms with Crippen molar-refractivity contribution < 1.29 is 9.90 Å². The summed E-state index contributed by atoms with van der Waals surface area (Å²) in [7, 11) is 2.13. The predicted octanol–water partition coefficient (Wildman–Crippen LogP) is 1.09. The number of carbonyl (C=O) groups is 1. The Balaban J connectivity index is 1.93. The third kappa shape index (κ3) is 3.20. The molecule has 0 aromatic heterocycles. The van der Waals surface area contributed by atoms with E-state index in [9.17, 15) is 4.79 Å². The van der Waals surface area contributed by atoms with Gasteiger partial charge in [-0.1, -0.05) is 12.2 Å². The van der Waals surface area contributed by atoms with Crippen molar-refractivity contribution in [2.24, 2.45) is 0 Å². The molecule has 1 N–H and O–H groups in total. The lowest BCUT2D eigenvalue weighted by Gasteiger charge is -2.32. The molecular formula is C13H18N2O2. The van der Waals surface area contributed by atoms with Crippen molar-refractivity contribution in [3.63, 3.8) is 0 Å². The molecule has 4 nitrogen and oxygen atoms in total. The summed E-state index contributed by atoms with van der Waals surface area (Å²) >= 11 is 0. The topological polar surface area (TPSA) is 43.8 Å². The van der Waals surface area contributed by atoms with Gasteiger partial charge in [-0.15, -0.1) is 0 Å². The molecule has 0 aromatic carbocycles. The Morgan fingerprint density at radius 3 is 2.53 bits per heavy atom. The molecule has 0 saturated carbocycles. The normalized spacial score (nSPS) is 23.9. The fraction of sp³-hybridized carbons (Fsp3) is 0.462. The molecule has 1 aliphatic carbocycles. The zero-order chi connectivity index (χ0) is 12.3. The molecule has 0 bridgehead atoms. The maximum Gasteiger partial charge on any atom is 0.335 e. The molecule has 2 rings (SSSR count). The van der Waals surface area contributed by atoms with E-state index in [2.05, 4.69) is 23.0 Å². The van der Waals surface area contributed by atoms with Gasteiger partial charge in [0.2, 0.25) is 0 Å². The summed E-state index contributed by atoms with van der Waals surface area (Å²) in [5.74, 6) is -0.847. The first-order valence-corrected chi connectivity index (χ1v) is 5.90. The van der Waals surface area contributed by atoms with E-state index < -0.39 is 5.97 Å². The zero-order valence-corrected chi connectivity index (χ0v) is 10.1. The number of carboxylic acid groups (broad SMARTS) is 1. The van der Waals surface area contributed by atoms with Crippen LogP contribution in [0.25, 0.3) is 0 Å². The van der Waals surface area contributed by atoms with Gasteiger partial charge in [0.15, 0.2) is 0 Å². The number of likely N-dealkylation sites (N-methyl/N-ethyl adjacent to an activating group) is 1. The van der Waals surface area contributed by atoms with Crippen LogP contribution in [0.4, 0.5) is 0 Å². The smallest absolute Gasteiger partial charge is 0.335 e. The SMILES string of the molecule is CN1CCN(C=C2C=CC(C(=O)O)=CC2)CC1. The van der Waals surface area contributed by atoms with E-state index >= 15 is 0 Å². The third-order valence-electron chi connectivity index (χ3n) is 3.17. The van der Waals surface area contributed by atoms with Crippen LogP contribution in [0.2, 0.25) is 0 Å². The molecule has 17 heavy (non-hydrogen) atoms. The first-order chi connectivity index (χ1) is 8.15. The van der Waals surface area contributed by atoms with Gasteiger partial charge >= 0.3 is 5.97 Å². The molecule has 0 atom stereocenters. The van der Waals surface area contributed by atoms with Gasteiger partial charge < -0.3 is 14.9 Å². The molecule has 0 amide bonds. The van der Waals surface area contributed by atoms with Crippen LogP contribution in [-0.4, -0.2) is 54.1 Å². The number of piperazine rings is 1. The lowest BCUT2D eigenvalue weighted by molar-refractivity contribution is -0.132. The lowest BCUT2D eigenvalue weighted by atomic mass is 10.0. The summed E-state index contributed by atoms with van der Waals surface area (Å²) in [6, 6.07) is 0. The number of allylic oxidation sites excluding steroid dienone is 3. The van der Waals surface area contributed by atoms with Gasteiger partial charge in [0.25, 0.3) is 0 Å². The number of rotatable bonds is 2. The number of nitrogens with zero attached hydrogens (tertiary/aromatic N) is 2. The van der Waals surface area contributed by atoms with Crippen molar-refractivity contribution in [3.05, 3.63) is 35.6 Å². The molecular weight excluding hydrogens is 216 g/mol. The van der Waals surface area contributed by atoms with E-state index in [1.165, 1.54) is 5.57 Å². The number of hydrogen-bond donors (Lipinski definition) is 1. The lowest BCUT2D eigenvalue weighted by Crippen LogP contribution is -2.41. The molecule has 1 saturated heterocycles. The maximum absolute atomic E-state index is 10.7. The molecule has 1 fully saturated rings. The van der Waals surface area contributed by atoms with E-state index in [-0.39, 0.29) is 0 Å². The van der Waals surface area contributed by atoms with Crippen LogP contribution >= 0.6 is 0 Å². The van der Waals surface area contributed by atoms with Crippen LogP contribution < -0.4 is 0 Å². The molecule has 92 valence electrons. The summed E-state index contributed by atoms with van der Waals surface area (Å²) in [5, 5.41) is 8.82. The van der Waals surface area contributed by atoms with E-state index in [1.807, 2.05) is 6.08 Å².